The standard InChI is InChI=1S/C12H25N3O4S/c1-11-5-4-7-15(9-11)20(17,18)14(2)10-12(16)13-6-8-19-3/h11H,4-10H2,1-3H3,(H,13,16). The van der Waals surface area contributed by atoms with Crippen LogP contribution in [0.4, 0.5) is 0 Å². The molecule has 1 aliphatic heterocycles. The number of rotatable bonds is 7. The molecule has 1 N–H and O–H groups in total. The van der Waals surface area contributed by atoms with Gasteiger partial charge in [0.15, 0.2) is 0 Å². The van der Waals surface area contributed by atoms with Crippen LogP contribution in [0.3, 0.4) is 0 Å². The molecule has 0 aromatic rings. The Morgan fingerprint density at radius 2 is 2.20 bits per heavy atom. The first-order chi connectivity index (χ1) is 9.37. The van der Waals surface area contributed by atoms with Gasteiger partial charge in [0.25, 0.3) is 10.2 Å². The van der Waals surface area contributed by atoms with Crippen LogP contribution >= 0.6 is 0 Å². The lowest BCUT2D eigenvalue weighted by Crippen LogP contribution is -2.49. The molecule has 0 aromatic heterocycles. The van der Waals surface area contributed by atoms with E-state index in [1.54, 1.807) is 7.11 Å². The Labute approximate surface area is 121 Å². The SMILES string of the molecule is COCCNC(=O)CN(C)S(=O)(=O)N1CCCC(C)C1. The Balaban J connectivity index is 2.51. The largest absolute Gasteiger partial charge is 0.383 e. The van der Waals surface area contributed by atoms with Crippen LogP contribution in [0.25, 0.3) is 0 Å². The molecule has 1 fully saturated rings. The van der Waals surface area contributed by atoms with Gasteiger partial charge in [0, 0.05) is 33.8 Å². The van der Waals surface area contributed by atoms with Crippen molar-refractivity contribution in [1.29, 1.82) is 0 Å². The van der Waals surface area contributed by atoms with E-state index in [0.717, 1.165) is 17.1 Å². The van der Waals surface area contributed by atoms with Gasteiger partial charge < -0.3 is 10.1 Å². The molecular weight excluding hydrogens is 282 g/mol. The van der Waals surface area contributed by atoms with Gasteiger partial charge in [0.05, 0.1) is 13.2 Å². The minimum Gasteiger partial charge on any atom is -0.383 e. The van der Waals surface area contributed by atoms with E-state index >= 15 is 0 Å². The Morgan fingerprint density at radius 3 is 2.80 bits per heavy atom. The van der Waals surface area contributed by atoms with Crippen molar-refractivity contribution >= 4 is 16.1 Å². The predicted molar refractivity (Wildman–Crippen MR) is 76.4 cm³/mol. The second kappa shape index (κ2) is 7.92. The van der Waals surface area contributed by atoms with Gasteiger partial charge in [-0.3, -0.25) is 4.79 Å². The number of hydrogen-bond donors (Lipinski definition) is 1. The van der Waals surface area contributed by atoms with Crippen molar-refractivity contribution in [3.05, 3.63) is 0 Å². The van der Waals surface area contributed by atoms with Crippen LogP contribution < -0.4 is 5.32 Å². The fourth-order valence-electron chi connectivity index (χ4n) is 2.19. The zero-order chi connectivity index (χ0) is 15.2. The fraction of sp³-hybridized carbons (Fsp3) is 0.917. The predicted octanol–water partition coefficient (Wildman–Crippen LogP) is -0.342. The molecule has 20 heavy (non-hydrogen) atoms. The third kappa shape index (κ3) is 5.01. The average Bonchev–Trinajstić information content (AvgIpc) is 2.39. The molecule has 1 rings (SSSR count). The monoisotopic (exact) mass is 307 g/mol. The number of carbonyl (C=O) groups is 1. The molecule has 1 atom stereocenters. The zero-order valence-corrected chi connectivity index (χ0v) is 13.3. The zero-order valence-electron chi connectivity index (χ0n) is 12.5. The van der Waals surface area contributed by atoms with E-state index in [-0.39, 0.29) is 12.5 Å². The molecule has 0 aromatic carbocycles. The van der Waals surface area contributed by atoms with Gasteiger partial charge in [-0.15, -0.1) is 0 Å². The lowest BCUT2D eigenvalue weighted by Gasteiger charge is -2.32. The molecule has 1 unspecified atom stereocenters. The molecule has 1 heterocycles. The summed E-state index contributed by atoms with van der Waals surface area (Å²) in [6.07, 6.45) is 1.92. The number of hydrogen-bond acceptors (Lipinski definition) is 4. The summed E-state index contributed by atoms with van der Waals surface area (Å²) in [6, 6.07) is 0. The Hall–Kier alpha value is -0.700. The summed E-state index contributed by atoms with van der Waals surface area (Å²) >= 11 is 0. The van der Waals surface area contributed by atoms with E-state index in [1.807, 2.05) is 6.92 Å². The average molecular weight is 307 g/mol. The quantitative estimate of drug-likeness (QED) is 0.653. The van der Waals surface area contributed by atoms with E-state index in [4.69, 9.17) is 4.74 Å². The first-order valence-electron chi connectivity index (χ1n) is 6.85. The highest BCUT2D eigenvalue weighted by Crippen LogP contribution is 2.19. The summed E-state index contributed by atoms with van der Waals surface area (Å²) in [7, 11) is -0.569. The van der Waals surface area contributed by atoms with Crippen LogP contribution in [0.2, 0.25) is 0 Å². The van der Waals surface area contributed by atoms with Crippen LogP contribution in [0.15, 0.2) is 0 Å². The lowest BCUT2D eigenvalue weighted by molar-refractivity contribution is -0.121. The number of piperidine rings is 1. The molecule has 7 nitrogen and oxygen atoms in total. The Kier molecular flexibility index (Phi) is 6.87. The summed E-state index contributed by atoms with van der Waals surface area (Å²) in [5.74, 6) is 0.0423. The number of nitrogens with zero attached hydrogens (tertiary/aromatic N) is 2. The van der Waals surface area contributed by atoms with Gasteiger partial charge in [-0.1, -0.05) is 6.92 Å². The molecule has 0 aliphatic carbocycles. The van der Waals surface area contributed by atoms with E-state index in [9.17, 15) is 13.2 Å². The van der Waals surface area contributed by atoms with E-state index in [1.165, 1.54) is 11.4 Å². The van der Waals surface area contributed by atoms with E-state index in [2.05, 4.69) is 5.32 Å². The van der Waals surface area contributed by atoms with Crippen LogP contribution in [0, 0.1) is 5.92 Å². The van der Waals surface area contributed by atoms with Crippen LogP contribution in [-0.2, 0) is 19.7 Å². The number of carbonyl (C=O) groups excluding carboxylic acids is 1. The second-order valence-electron chi connectivity index (χ2n) is 5.21. The third-order valence-electron chi connectivity index (χ3n) is 3.33. The van der Waals surface area contributed by atoms with Gasteiger partial charge in [-0.05, 0) is 18.8 Å². The van der Waals surface area contributed by atoms with Crippen molar-refractivity contribution < 1.29 is 17.9 Å². The molecule has 0 spiro atoms. The number of nitrogens with one attached hydrogen (secondary N) is 1. The van der Waals surface area contributed by atoms with Crippen LogP contribution in [0.1, 0.15) is 19.8 Å². The highest BCUT2D eigenvalue weighted by Gasteiger charge is 2.31. The van der Waals surface area contributed by atoms with E-state index in [0.29, 0.717) is 32.2 Å². The Bertz CT molecular complexity index is 413. The smallest absolute Gasteiger partial charge is 0.282 e. The number of ether oxygens (including phenoxy) is 1. The molecule has 1 saturated heterocycles. The maximum atomic E-state index is 12.3. The van der Waals surface area contributed by atoms with Crippen molar-refractivity contribution in [3.63, 3.8) is 0 Å². The molecule has 1 amide bonds. The maximum Gasteiger partial charge on any atom is 0.282 e. The number of amides is 1. The fourth-order valence-corrected chi connectivity index (χ4v) is 3.66. The van der Waals surface area contributed by atoms with Crippen LogP contribution in [0.5, 0.6) is 0 Å². The summed E-state index contributed by atoms with van der Waals surface area (Å²) in [6.45, 7) is 3.71. The summed E-state index contributed by atoms with van der Waals surface area (Å²) in [5.41, 5.74) is 0. The van der Waals surface area contributed by atoms with Crippen LogP contribution in [-0.4, -0.2) is 69.9 Å². The molecule has 118 valence electrons. The molecule has 0 bridgehead atoms. The molecule has 0 saturated carbocycles. The van der Waals surface area contributed by atoms with Crippen molar-refractivity contribution in [2.45, 2.75) is 19.8 Å². The normalized spacial score (nSPS) is 21.1. The lowest BCUT2D eigenvalue weighted by atomic mass is 10.0. The van der Waals surface area contributed by atoms with Crippen molar-refractivity contribution in [2.24, 2.45) is 5.92 Å². The molecule has 0 radical (unpaired) electrons. The van der Waals surface area contributed by atoms with Gasteiger partial charge in [-0.25, -0.2) is 0 Å². The maximum absolute atomic E-state index is 12.3. The second-order valence-corrected chi connectivity index (χ2v) is 7.25. The van der Waals surface area contributed by atoms with E-state index < -0.39 is 10.2 Å². The summed E-state index contributed by atoms with van der Waals surface area (Å²) in [4.78, 5) is 11.6. The number of methoxy groups -OCH3 is 1. The first kappa shape index (κ1) is 17.4. The molecular formula is C12H25N3O4S. The first-order valence-corrected chi connectivity index (χ1v) is 8.24. The summed E-state index contributed by atoms with van der Waals surface area (Å²) < 4.78 is 32.1. The van der Waals surface area contributed by atoms with Crippen molar-refractivity contribution in [1.82, 2.24) is 13.9 Å². The van der Waals surface area contributed by atoms with Crippen molar-refractivity contribution in [2.75, 3.05) is 46.9 Å². The van der Waals surface area contributed by atoms with Gasteiger partial charge >= 0.3 is 0 Å². The third-order valence-corrected chi connectivity index (χ3v) is 5.24. The molecule has 8 heteroatoms. The van der Waals surface area contributed by atoms with Gasteiger partial charge in [0.1, 0.15) is 0 Å². The summed E-state index contributed by atoms with van der Waals surface area (Å²) in [5, 5.41) is 2.61. The highest BCUT2D eigenvalue weighted by atomic mass is 32.2. The number of likely N-dealkylation sites (N-methyl/N-ethyl adjacent to an activating group) is 1. The Morgan fingerprint density at radius 1 is 1.50 bits per heavy atom. The highest BCUT2D eigenvalue weighted by molar-refractivity contribution is 7.86. The minimum absolute atomic E-state index is 0.170. The molecule has 1 aliphatic rings. The topological polar surface area (TPSA) is 79.0 Å². The van der Waals surface area contributed by atoms with Crippen molar-refractivity contribution in [3.8, 4) is 0 Å². The minimum atomic E-state index is -3.55. The van der Waals surface area contributed by atoms with Gasteiger partial charge in [-0.2, -0.15) is 17.0 Å². The van der Waals surface area contributed by atoms with Gasteiger partial charge in [0.2, 0.25) is 5.91 Å².